The lowest BCUT2D eigenvalue weighted by atomic mass is 10.1. The monoisotopic (exact) mass is 301 g/mol. The molecule has 0 rings (SSSR count). The molecule has 0 saturated heterocycles. The van der Waals surface area contributed by atoms with E-state index >= 15 is 0 Å². The highest BCUT2D eigenvalue weighted by molar-refractivity contribution is 14.1. The molecule has 0 unspecified atom stereocenters. The van der Waals surface area contributed by atoms with Crippen LogP contribution < -0.4 is 0 Å². The quantitative estimate of drug-likeness (QED) is 0.427. The number of hydrogen-bond donors (Lipinski definition) is 0. The fourth-order valence-electron chi connectivity index (χ4n) is 1.46. The van der Waals surface area contributed by atoms with Gasteiger partial charge in [-0.3, -0.25) is 0 Å². The molecule has 0 aliphatic rings. The molecular formula is C7H20INSi2. The van der Waals surface area contributed by atoms with Crippen molar-refractivity contribution in [2.45, 2.75) is 46.2 Å². The Morgan fingerprint density at radius 1 is 1.27 bits per heavy atom. The Bertz CT molecular complexity index is 111. The predicted molar refractivity (Wildman–Crippen MR) is 67.8 cm³/mol. The van der Waals surface area contributed by atoms with Gasteiger partial charge in [-0.15, -0.1) is 21.8 Å². The molecular weight excluding hydrogens is 281 g/mol. The van der Waals surface area contributed by atoms with Crippen LogP contribution in [0.2, 0.25) is 0 Å². The third-order valence-corrected chi connectivity index (χ3v) is 10.4. The van der Waals surface area contributed by atoms with Crippen LogP contribution in [-0.4, -0.2) is 31.9 Å². The fourth-order valence-corrected chi connectivity index (χ4v) is 11.6. The van der Waals surface area contributed by atoms with E-state index < -0.39 is 0 Å². The van der Waals surface area contributed by atoms with E-state index in [4.69, 9.17) is 0 Å². The second-order valence-corrected chi connectivity index (χ2v) is 17.8. The van der Waals surface area contributed by atoms with Gasteiger partial charge in [-0.25, -0.2) is 0 Å². The second-order valence-electron chi connectivity index (χ2n) is 4.15. The van der Waals surface area contributed by atoms with E-state index in [0.717, 1.165) is 6.04 Å². The van der Waals surface area contributed by atoms with Crippen molar-refractivity contribution in [2.75, 3.05) is 0 Å². The number of rotatable bonds is 3. The lowest BCUT2D eigenvalue weighted by molar-refractivity contribution is 0.216. The molecule has 0 spiro atoms. The fraction of sp³-hybridized carbons (Fsp3) is 1.00. The highest BCUT2D eigenvalue weighted by Crippen LogP contribution is 2.14. The molecule has 0 bridgehead atoms. The van der Waals surface area contributed by atoms with Crippen LogP contribution in [-0.2, 0) is 0 Å². The zero-order chi connectivity index (χ0) is 9.07. The smallest absolute Gasteiger partial charge is 0.0973 e. The summed E-state index contributed by atoms with van der Waals surface area (Å²) in [4.78, 5) is 0. The highest BCUT2D eigenvalue weighted by atomic mass is 127. The summed E-state index contributed by atoms with van der Waals surface area (Å²) in [7, 11) is 0.143. The maximum atomic E-state index is 2.73. The molecule has 0 aromatic carbocycles. The summed E-state index contributed by atoms with van der Waals surface area (Å²) in [5.41, 5.74) is 0.415. The van der Waals surface area contributed by atoms with Gasteiger partial charge in [0.2, 0.25) is 0 Å². The molecule has 0 saturated carbocycles. The topological polar surface area (TPSA) is 3.24 Å². The third-order valence-electron chi connectivity index (χ3n) is 1.81. The lowest BCUT2D eigenvalue weighted by Gasteiger charge is -2.38. The van der Waals surface area contributed by atoms with Gasteiger partial charge < -0.3 is 4.57 Å². The van der Waals surface area contributed by atoms with Crippen LogP contribution in [0.1, 0.15) is 34.6 Å². The van der Waals surface area contributed by atoms with Gasteiger partial charge in [-0.2, -0.15) is 0 Å². The molecule has 68 valence electrons. The van der Waals surface area contributed by atoms with Crippen molar-refractivity contribution in [1.82, 2.24) is 4.57 Å². The minimum atomic E-state index is 0.143. The summed E-state index contributed by atoms with van der Waals surface area (Å²) in [5.74, 6) is 0. The van der Waals surface area contributed by atoms with Crippen LogP contribution in [0.25, 0.3) is 0 Å². The molecule has 0 aromatic heterocycles. The minimum absolute atomic E-state index is 0.143. The molecule has 0 N–H and O–H groups in total. The van der Waals surface area contributed by atoms with Crippen LogP contribution >= 0.6 is 21.8 Å². The molecule has 0 radical (unpaired) electrons. The molecule has 4 heteroatoms. The first-order valence-electron chi connectivity index (χ1n) is 4.22. The lowest BCUT2D eigenvalue weighted by Crippen LogP contribution is -2.49. The molecule has 1 nitrogen and oxygen atoms in total. The van der Waals surface area contributed by atoms with Gasteiger partial charge in [0.05, 0.1) is 15.7 Å². The van der Waals surface area contributed by atoms with Gasteiger partial charge in [-0.05, 0) is 26.8 Å². The van der Waals surface area contributed by atoms with Crippen molar-refractivity contribution < 1.29 is 0 Å². The van der Waals surface area contributed by atoms with Gasteiger partial charge in [0.15, 0.2) is 0 Å². The number of halogens is 1. The second kappa shape index (κ2) is 4.98. The molecule has 0 fully saturated rings. The van der Waals surface area contributed by atoms with E-state index in [0.29, 0.717) is 5.54 Å². The average Bonchev–Trinajstić information content (AvgIpc) is 1.79. The Morgan fingerprint density at radius 3 is 1.82 bits per heavy atom. The predicted octanol–water partition coefficient (Wildman–Crippen LogP) is 1.01. The zero-order valence-electron chi connectivity index (χ0n) is 8.32. The molecule has 0 aliphatic carbocycles. The summed E-state index contributed by atoms with van der Waals surface area (Å²) in [6, 6.07) is 0.754. The zero-order valence-corrected chi connectivity index (χ0v) is 13.3. The van der Waals surface area contributed by atoms with Crippen molar-refractivity contribution in [3.8, 4) is 0 Å². The molecule has 0 amide bonds. The first-order valence-corrected chi connectivity index (χ1v) is 14.0. The normalized spacial score (nSPS) is 15.3. The van der Waals surface area contributed by atoms with Crippen molar-refractivity contribution in [1.29, 1.82) is 0 Å². The molecule has 0 aromatic rings. The Hall–Kier alpha value is 1.12. The molecule has 0 atom stereocenters. The Labute approximate surface area is 88.0 Å². The molecule has 0 aliphatic heterocycles. The van der Waals surface area contributed by atoms with Crippen LogP contribution in [0.4, 0.5) is 0 Å². The molecule has 11 heavy (non-hydrogen) atoms. The summed E-state index contributed by atoms with van der Waals surface area (Å²) in [6.07, 6.45) is 0. The van der Waals surface area contributed by atoms with Crippen LogP contribution in [0.15, 0.2) is 0 Å². The first kappa shape index (κ1) is 12.1. The standard InChI is InChI=1S/C7H20INSi2/c1-6(2)9(11-10-8)7(3,4)5/h6H,10-11H2,1-5H3. The van der Waals surface area contributed by atoms with E-state index in [9.17, 15) is 0 Å². The van der Waals surface area contributed by atoms with Gasteiger partial charge in [0, 0.05) is 5.54 Å². The van der Waals surface area contributed by atoms with E-state index in [1.54, 1.807) is 0 Å². The third kappa shape index (κ3) is 4.64. The first-order chi connectivity index (χ1) is 4.89. The van der Waals surface area contributed by atoms with Crippen molar-refractivity contribution in [3.63, 3.8) is 0 Å². The van der Waals surface area contributed by atoms with Gasteiger partial charge >= 0.3 is 0 Å². The van der Waals surface area contributed by atoms with E-state index in [-0.39, 0.29) is 15.7 Å². The summed E-state index contributed by atoms with van der Waals surface area (Å²) >= 11 is 2.63. The number of nitrogens with zero attached hydrogens (tertiary/aromatic N) is 1. The van der Waals surface area contributed by atoms with E-state index in [1.165, 1.54) is 0 Å². The van der Waals surface area contributed by atoms with Gasteiger partial charge in [-0.1, -0.05) is 13.8 Å². The maximum absolute atomic E-state index is 2.73. The van der Waals surface area contributed by atoms with E-state index in [2.05, 4.69) is 61.0 Å². The minimum Gasteiger partial charge on any atom is -0.324 e. The average molecular weight is 301 g/mol. The summed E-state index contributed by atoms with van der Waals surface area (Å²) in [5, 5.41) is 0. The van der Waals surface area contributed by atoms with Crippen molar-refractivity contribution in [3.05, 3.63) is 0 Å². The SMILES string of the molecule is CC(C)N([SiH2][SiH2]I)C(C)(C)C. The van der Waals surface area contributed by atoms with Crippen molar-refractivity contribution >= 4 is 37.5 Å². The van der Waals surface area contributed by atoms with Crippen molar-refractivity contribution in [2.24, 2.45) is 0 Å². The van der Waals surface area contributed by atoms with Gasteiger partial charge in [0.1, 0.15) is 0 Å². The summed E-state index contributed by atoms with van der Waals surface area (Å²) in [6.45, 7) is 11.9. The highest BCUT2D eigenvalue weighted by Gasteiger charge is 2.22. The van der Waals surface area contributed by atoms with Crippen LogP contribution in [0, 0.1) is 0 Å². The van der Waals surface area contributed by atoms with E-state index in [1.807, 2.05) is 0 Å². The van der Waals surface area contributed by atoms with Gasteiger partial charge in [0.25, 0.3) is 0 Å². The molecule has 0 heterocycles. The van der Waals surface area contributed by atoms with Crippen LogP contribution in [0.5, 0.6) is 0 Å². The number of hydrogen-bond acceptors (Lipinski definition) is 1. The van der Waals surface area contributed by atoms with Crippen LogP contribution in [0.3, 0.4) is 0 Å². The Balaban J connectivity index is 4.10. The largest absolute Gasteiger partial charge is 0.324 e. The maximum Gasteiger partial charge on any atom is 0.0973 e. The Morgan fingerprint density at radius 2 is 1.73 bits per heavy atom. The summed E-state index contributed by atoms with van der Waals surface area (Å²) < 4.78 is 2.73. The Kier molecular flexibility index (Phi) is 5.49.